The molecule has 0 heterocycles. The molecular formula is C19H23Cl2NO. The highest BCUT2D eigenvalue weighted by atomic mass is 35.5. The van der Waals surface area contributed by atoms with Gasteiger partial charge in [-0.15, -0.1) is 0 Å². The maximum absolute atomic E-state index is 12.7. The van der Waals surface area contributed by atoms with E-state index >= 15 is 0 Å². The van der Waals surface area contributed by atoms with Gasteiger partial charge in [0.1, 0.15) is 0 Å². The largest absolute Gasteiger partial charge is 0.356 e. The Balaban J connectivity index is 1.35. The van der Waals surface area contributed by atoms with Crippen molar-refractivity contribution in [3.05, 3.63) is 33.8 Å². The number of carbonyl (C=O) groups excluding carboxylic acids is 1. The summed E-state index contributed by atoms with van der Waals surface area (Å²) in [6.45, 7) is 0.641. The third kappa shape index (κ3) is 3.00. The third-order valence-electron chi connectivity index (χ3n) is 6.25. The maximum atomic E-state index is 12.7. The lowest BCUT2D eigenvalue weighted by Crippen LogP contribution is -2.51. The van der Waals surface area contributed by atoms with Gasteiger partial charge in [-0.2, -0.15) is 0 Å². The molecule has 4 bridgehead atoms. The summed E-state index contributed by atoms with van der Waals surface area (Å²) in [4.78, 5) is 12.7. The molecular weight excluding hydrogens is 329 g/mol. The Hall–Kier alpha value is -0.730. The number of halogens is 2. The lowest BCUT2D eigenvalue weighted by molar-refractivity contribution is -0.138. The molecule has 4 fully saturated rings. The van der Waals surface area contributed by atoms with Crippen LogP contribution in [0.2, 0.25) is 10.0 Å². The second kappa shape index (κ2) is 6.29. The van der Waals surface area contributed by atoms with Gasteiger partial charge in [0.2, 0.25) is 5.91 Å². The van der Waals surface area contributed by atoms with Crippen molar-refractivity contribution in [2.45, 2.75) is 38.5 Å². The minimum absolute atomic E-state index is 0.262. The van der Waals surface area contributed by atoms with Crippen molar-refractivity contribution in [3.63, 3.8) is 0 Å². The summed E-state index contributed by atoms with van der Waals surface area (Å²) in [7, 11) is 0. The first kappa shape index (κ1) is 15.8. The molecule has 5 rings (SSSR count). The molecule has 0 aromatic heterocycles. The number of rotatable bonds is 4. The van der Waals surface area contributed by atoms with Gasteiger partial charge in [-0.1, -0.05) is 35.3 Å². The van der Waals surface area contributed by atoms with E-state index in [0.29, 0.717) is 28.4 Å². The van der Waals surface area contributed by atoms with E-state index in [4.69, 9.17) is 23.2 Å². The van der Waals surface area contributed by atoms with E-state index < -0.39 is 0 Å². The molecule has 124 valence electrons. The Labute approximate surface area is 147 Å². The zero-order chi connectivity index (χ0) is 16.0. The Morgan fingerprint density at radius 3 is 2.35 bits per heavy atom. The molecule has 0 aliphatic heterocycles. The Morgan fingerprint density at radius 2 is 1.70 bits per heavy atom. The van der Waals surface area contributed by atoms with E-state index in [1.54, 1.807) is 6.07 Å². The fourth-order valence-corrected chi connectivity index (χ4v) is 5.95. The van der Waals surface area contributed by atoms with E-state index in [1.165, 1.54) is 32.1 Å². The minimum atomic E-state index is 0.262. The van der Waals surface area contributed by atoms with Crippen LogP contribution in [0.25, 0.3) is 0 Å². The Kier molecular flexibility index (Phi) is 4.32. The molecule has 23 heavy (non-hydrogen) atoms. The van der Waals surface area contributed by atoms with E-state index in [1.807, 2.05) is 12.1 Å². The molecule has 0 atom stereocenters. The molecule has 0 spiro atoms. The van der Waals surface area contributed by atoms with Crippen molar-refractivity contribution >= 4 is 29.1 Å². The van der Waals surface area contributed by atoms with Gasteiger partial charge in [-0.25, -0.2) is 0 Å². The summed E-state index contributed by atoms with van der Waals surface area (Å²) in [6, 6.07) is 5.67. The highest BCUT2D eigenvalue weighted by Crippen LogP contribution is 2.56. The van der Waals surface area contributed by atoms with Gasteiger partial charge in [-0.05, 0) is 73.8 Å². The van der Waals surface area contributed by atoms with E-state index in [2.05, 4.69) is 5.32 Å². The molecule has 4 saturated carbocycles. The summed E-state index contributed by atoms with van der Waals surface area (Å²) in [5, 5.41) is 4.35. The molecule has 0 radical (unpaired) electrons. The van der Waals surface area contributed by atoms with Crippen LogP contribution in [0.1, 0.15) is 37.7 Å². The van der Waals surface area contributed by atoms with Crippen LogP contribution in [0.15, 0.2) is 18.2 Å². The molecule has 4 aliphatic rings. The first-order valence-electron chi connectivity index (χ1n) is 8.82. The van der Waals surface area contributed by atoms with Gasteiger partial charge in [0.05, 0.1) is 10.0 Å². The van der Waals surface area contributed by atoms with Crippen LogP contribution in [0.3, 0.4) is 0 Å². The summed E-state index contributed by atoms with van der Waals surface area (Å²) in [5.41, 5.74) is 1.00. The van der Waals surface area contributed by atoms with Crippen LogP contribution in [0.5, 0.6) is 0 Å². The highest BCUT2D eigenvalue weighted by molar-refractivity contribution is 6.42. The van der Waals surface area contributed by atoms with Crippen molar-refractivity contribution in [2.75, 3.05) is 6.54 Å². The fourth-order valence-electron chi connectivity index (χ4n) is 5.53. The van der Waals surface area contributed by atoms with Gasteiger partial charge in [-0.3, -0.25) is 4.79 Å². The number of hydrogen-bond acceptors (Lipinski definition) is 1. The van der Waals surface area contributed by atoms with Gasteiger partial charge in [0.15, 0.2) is 0 Å². The zero-order valence-electron chi connectivity index (χ0n) is 13.2. The molecule has 0 unspecified atom stereocenters. The normalized spacial score (nSPS) is 34.6. The van der Waals surface area contributed by atoms with Crippen LogP contribution in [-0.2, 0) is 11.2 Å². The predicted molar refractivity (Wildman–Crippen MR) is 93.7 cm³/mol. The molecule has 4 aliphatic carbocycles. The molecule has 1 aromatic rings. The van der Waals surface area contributed by atoms with Gasteiger partial charge in [0, 0.05) is 12.5 Å². The Morgan fingerprint density at radius 1 is 1.04 bits per heavy atom. The van der Waals surface area contributed by atoms with Crippen LogP contribution < -0.4 is 5.32 Å². The number of benzene rings is 1. The fraction of sp³-hybridized carbons (Fsp3) is 0.632. The quantitative estimate of drug-likeness (QED) is 0.834. The maximum Gasteiger partial charge on any atom is 0.223 e. The van der Waals surface area contributed by atoms with E-state index in [9.17, 15) is 4.79 Å². The summed E-state index contributed by atoms with van der Waals surface area (Å²) in [6.07, 6.45) is 7.29. The van der Waals surface area contributed by atoms with Crippen LogP contribution >= 0.6 is 23.2 Å². The van der Waals surface area contributed by atoms with Crippen LogP contribution in [0.4, 0.5) is 0 Å². The van der Waals surface area contributed by atoms with Gasteiger partial charge in [0.25, 0.3) is 0 Å². The average Bonchev–Trinajstić information content (AvgIpc) is 2.50. The molecule has 1 N–H and O–H groups in total. The third-order valence-corrected chi connectivity index (χ3v) is 7.11. The number of carbonyl (C=O) groups is 1. The van der Waals surface area contributed by atoms with Crippen molar-refractivity contribution in [1.82, 2.24) is 5.32 Å². The number of amides is 1. The van der Waals surface area contributed by atoms with Crippen LogP contribution in [-0.4, -0.2) is 12.5 Å². The second-order valence-electron chi connectivity index (χ2n) is 7.71. The average molecular weight is 352 g/mol. The first-order chi connectivity index (χ1) is 11.1. The summed E-state index contributed by atoms with van der Waals surface area (Å²) >= 11 is 12.3. The zero-order valence-corrected chi connectivity index (χ0v) is 14.7. The second-order valence-corrected chi connectivity index (χ2v) is 8.50. The van der Waals surface area contributed by atoms with Gasteiger partial charge < -0.3 is 5.32 Å². The standard InChI is InChI=1S/C19H23Cl2NO/c20-16-3-1-2-13(18(16)21)4-5-22-19(23)17-14-7-11-6-12(9-14)10-15(17)8-11/h1-3,11-12,14-15,17H,4-10H2,(H,22,23). The lowest BCUT2D eigenvalue weighted by atomic mass is 9.51. The molecule has 1 amide bonds. The minimum Gasteiger partial charge on any atom is -0.356 e. The molecule has 1 aromatic carbocycles. The Bertz CT molecular complexity index is 587. The van der Waals surface area contributed by atoms with Crippen molar-refractivity contribution in [3.8, 4) is 0 Å². The first-order valence-corrected chi connectivity index (χ1v) is 9.58. The predicted octanol–water partition coefficient (Wildman–Crippen LogP) is 4.72. The number of hydrogen-bond donors (Lipinski definition) is 1. The smallest absolute Gasteiger partial charge is 0.223 e. The topological polar surface area (TPSA) is 29.1 Å². The SMILES string of the molecule is O=C(NCCc1cccc(Cl)c1Cl)C1C2CC3CC(C2)CC1C3. The molecule has 4 heteroatoms. The monoisotopic (exact) mass is 351 g/mol. The van der Waals surface area contributed by atoms with E-state index in [-0.39, 0.29) is 11.8 Å². The summed E-state index contributed by atoms with van der Waals surface area (Å²) < 4.78 is 0. The number of nitrogens with one attached hydrogen (secondary N) is 1. The van der Waals surface area contributed by atoms with Gasteiger partial charge >= 0.3 is 0 Å². The van der Waals surface area contributed by atoms with Crippen LogP contribution in [0, 0.1) is 29.6 Å². The highest BCUT2D eigenvalue weighted by Gasteiger charge is 2.50. The molecule has 2 nitrogen and oxygen atoms in total. The summed E-state index contributed by atoms with van der Waals surface area (Å²) in [5.74, 6) is 3.63. The van der Waals surface area contributed by atoms with E-state index in [0.717, 1.165) is 23.8 Å². The lowest BCUT2D eigenvalue weighted by Gasteiger charge is -2.53. The van der Waals surface area contributed by atoms with Crippen molar-refractivity contribution in [2.24, 2.45) is 29.6 Å². The van der Waals surface area contributed by atoms with Crippen molar-refractivity contribution in [1.29, 1.82) is 0 Å². The molecule has 0 saturated heterocycles. The van der Waals surface area contributed by atoms with Crippen molar-refractivity contribution < 1.29 is 4.79 Å².